The summed E-state index contributed by atoms with van der Waals surface area (Å²) in [5.74, 6) is 0.0874. The first-order chi connectivity index (χ1) is 5.63. The monoisotopic (exact) mass is 171 g/mol. The van der Waals surface area contributed by atoms with Crippen molar-refractivity contribution in [2.24, 2.45) is 0 Å². The minimum atomic E-state index is -0.00667. The molecule has 0 saturated carbocycles. The molecule has 71 valence electrons. The van der Waals surface area contributed by atoms with E-state index in [1.807, 2.05) is 32.8 Å². The number of carbonyl (C=O) groups excluding carboxylic acids is 1. The fourth-order valence-electron chi connectivity index (χ4n) is 1.08. The largest absolute Gasteiger partial charge is 0.350 e. The van der Waals surface area contributed by atoms with E-state index < -0.39 is 0 Å². The summed E-state index contributed by atoms with van der Waals surface area (Å²) >= 11 is 0. The lowest BCUT2D eigenvalue weighted by atomic mass is 10.2. The van der Waals surface area contributed by atoms with Crippen molar-refractivity contribution in [2.75, 3.05) is 14.1 Å². The van der Waals surface area contributed by atoms with Crippen LogP contribution in [0.25, 0.3) is 0 Å². The van der Waals surface area contributed by atoms with Crippen LogP contribution in [0.1, 0.15) is 26.7 Å². The van der Waals surface area contributed by atoms with Gasteiger partial charge in [0, 0.05) is 6.54 Å². The Balaban J connectivity index is 3.86. The van der Waals surface area contributed by atoms with Gasteiger partial charge in [-0.1, -0.05) is 13.8 Å². The summed E-state index contributed by atoms with van der Waals surface area (Å²) in [5, 5.41) is 2.76. The Morgan fingerprint density at radius 3 is 2.42 bits per heavy atom. The Morgan fingerprint density at radius 1 is 1.50 bits per heavy atom. The third-order valence-electron chi connectivity index (χ3n) is 1.76. The SMILES string of the molecule is CC[CH]NC(=O)C(CC)N(C)C. The molecule has 0 fully saturated rings. The first kappa shape index (κ1) is 11.4. The van der Waals surface area contributed by atoms with Crippen LogP contribution in [0.2, 0.25) is 0 Å². The fourth-order valence-corrected chi connectivity index (χ4v) is 1.08. The van der Waals surface area contributed by atoms with Gasteiger partial charge >= 0.3 is 0 Å². The molecule has 1 unspecified atom stereocenters. The lowest BCUT2D eigenvalue weighted by molar-refractivity contribution is -0.125. The fraction of sp³-hybridized carbons (Fsp3) is 0.778. The molecule has 0 rings (SSSR count). The molecule has 0 aliphatic rings. The van der Waals surface area contributed by atoms with Crippen molar-refractivity contribution >= 4 is 5.91 Å². The zero-order valence-electron chi connectivity index (χ0n) is 8.42. The summed E-state index contributed by atoms with van der Waals surface area (Å²) in [6, 6.07) is -0.00667. The molecule has 0 aliphatic carbocycles. The summed E-state index contributed by atoms with van der Waals surface area (Å²) in [7, 11) is 3.83. The van der Waals surface area contributed by atoms with Gasteiger partial charge in [-0.3, -0.25) is 9.69 Å². The third-order valence-corrected chi connectivity index (χ3v) is 1.76. The number of hydrogen-bond donors (Lipinski definition) is 1. The summed E-state index contributed by atoms with van der Waals surface area (Å²) < 4.78 is 0. The number of rotatable bonds is 5. The highest BCUT2D eigenvalue weighted by molar-refractivity contribution is 5.82. The van der Waals surface area contributed by atoms with Gasteiger partial charge in [0.2, 0.25) is 5.91 Å². The molecule has 0 bridgehead atoms. The van der Waals surface area contributed by atoms with E-state index in [1.165, 1.54) is 0 Å². The molecule has 1 radical (unpaired) electrons. The minimum Gasteiger partial charge on any atom is -0.350 e. The van der Waals surface area contributed by atoms with Crippen molar-refractivity contribution in [1.82, 2.24) is 10.2 Å². The van der Waals surface area contributed by atoms with Crippen LogP contribution >= 0.6 is 0 Å². The maximum Gasteiger partial charge on any atom is 0.237 e. The van der Waals surface area contributed by atoms with Crippen LogP contribution in [-0.4, -0.2) is 30.9 Å². The molecule has 1 atom stereocenters. The summed E-state index contributed by atoms with van der Waals surface area (Å²) in [4.78, 5) is 13.3. The Labute approximate surface area is 75.1 Å². The van der Waals surface area contributed by atoms with E-state index in [1.54, 1.807) is 6.54 Å². The van der Waals surface area contributed by atoms with Gasteiger partial charge in [0.15, 0.2) is 0 Å². The highest BCUT2D eigenvalue weighted by Crippen LogP contribution is 1.98. The van der Waals surface area contributed by atoms with Crippen molar-refractivity contribution in [2.45, 2.75) is 32.7 Å². The second-order valence-electron chi connectivity index (χ2n) is 3.01. The van der Waals surface area contributed by atoms with Crippen molar-refractivity contribution in [1.29, 1.82) is 0 Å². The maximum atomic E-state index is 11.4. The summed E-state index contributed by atoms with van der Waals surface area (Å²) in [6.07, 6.45) is 1.71. The van der Waals surface area contributed by atoms with Crippen LogP contribution < -0.4 is 5.32 Å². The van der Waals surface area contributed by atoms with Gasteiger partial charge in [-0.05, 0) is 26.9 Å². The molecule has 0 spiro atoms. The highest BCUT2D eigenvalue weighted by atomic mass is 16.2. The lowest BCUT2D eigenvalue weighted by Gasteiger charge is -2.21. The van der Waals surface area contributed by atoms with E-state index in [-0.39, 0.29) is 11.9 Å². The first-order valence-electron chi connectivity index (χ1n) is 4.41. The van der Waals surface area contributed by atoms with Gasteiger partial charge in [0.05, 0.1) is 6.04 Å². The van der Waals surface area contributed by atoms with Gasteiger partial charge in [-0.15, -0.1) is 0 Å². The van der Waals surface area contributed by atoms with Gasteiger partial charge in [-0.25, -0.2) is 0 Å². The van der Waals surface area contributed by atoms with Crippen LogP contribution in [0.4, 0.5) is 0 Å². The number of nitrogens with zero attached hydrogens (tertiary/aromatic N) is 1. The zero-order chi connectivity index (χ0) is 9.56. The quantitative estimate of drug-likeness (QED) is 0.669. The zero-order valence-corrected chi connectivity index (χ0v) is 8.42. The molecule has 3 nitrogen and oxygen atoms in total. The maximum absolute atomic E-state index is 11.4. The molecular formula is C9H19N2O. The van der Waals surface area contributed by atoms with E-state index in [0.29, 0.717) is 0 Å². The molecule has 0 aromatic heterocycles. The van der Waals surface area contributed by atoms with E-state index >= 15 is 0 Å². The van der Waals surface area contributed by atoms with Crippen molar-refractivity contribution in [3.05, 3.63) is 6.54 Å². The molecule has 1 amide bonds. The topological polar surface area (TPSA) is 32.3 Å². The van der Waals surface area contributed by atoms with Crippen LogP contribution in [0, 0.1) is 6.54 Å². The van der Waals surface area contributed by atoms with Gasteiger partial charge in [0.25, 0.3) is 0 Å². The molecule has 0 saturated heterocycles. The highest BCUT2D eigenvalue weighted by Gasteiger charge is 2.17. The molecule has 0 aromatic rings. The van der Waals surface area contributed by atoms with E-state index in [9.17, 15) is 4.79 Å². The molecule has 0 heterocycles. The Morgan fingerprint density at radius 2 is 2.08 bits per heavy atom. The Bertz CT molecular complexity index is 134. The predicted molar refractivity (Wildman–Crippen MR) is 50.5 cm³/mol. The number of carbonyl (C=O) groups is 1. The van der Waals surface area contributed by atoms with Crippen LogP contribution in [0.15, 0.2) is 0 Å². The number of amides is 1. The average Bonchev–Trinajstić information content (AvgIpc) is 2.01. The number of nitrogens with one attached hydrogen (secondary N) is 1. The van der Waals surface area contributed by atoms with E-state index in [2.05, 4.69) is 5.32 Å². The second kappa shape index (κ2) is 6.00. The lowest BCUT2D eigenvalue weighted by Crippen LogP contribution is -2.42. The molecule has 0 aliphatic heterocycles. The molecule has 1 N–H and O–H groups in total. The Hall–Kier alpha value is -0.570. The average molecular weight is 171 g/mol. The first-order valence-corrected chi connectivity index (χ1v) is 4.41. The van der Waals surface area contributed by atoms with Gasteiger partial charge in [0.1, 0.15) is 0 Å². The van der Waals surface area contributed by atoms with Crippen molar-refractivity contribution in [3.8, 4) is 0 Å². The minimum absolute atomic E-state index is 0.00667. The van der Waals surface area contributed by atoms with E-state index in [4.69, 9.17) is 0 Å². The Kier molecular flexibility index (Phi) is 5.72. The normalized spacial score (nSPS) is 13.1. The van der Waals surface area contributed by atoms with E-state index in [0.717, 1.165) is 12.8 Å². The predicted octanol–water partition coefficient (Wildman–Crippen LogP) is 1.01. The summed E-state index contributed by atoms with van der Waals surface area (Å²) in [5.41, 5.74) is 0. The smallest absolute Gasteiger partial charge is 0.237 e. The number of hydrogen-bond acceptors (Lipinski definition) is 2. The van der Waals surface area contributed by atoms with Gasteiger partial charge in [-0.2, -0.15) is 0 Å². The standard InChI is InChI=1S/C9H19N2O/c1-5-7-10-9(12)8(6-2)11(3)4/h7-8H,5-6H2,1-4H3,(H,10,12). The van der Waals surface area contributed by atoms with Gasteiger partial charge < -0.3 is 5.32 Å². The summed E-state index contributed by atoms with van der Waals surface area (Å²) in [6.45, 7) is 5.79. The van der Waals surface area contributed by atoms with Crippen LogP contribution in [0.5, 0.6) is 0 Å². The molecule has 0 aromatic carbocycles. The molecule has 3 heteroatoms. The van der Waals surface area contributed by atoms with Crippen LogP contribution in [-0.2, 0) is 4.79 Å². The van der Waals surface area contributed by atoms with Crippen molar-refractivity contribution < 1.29 is 4.79 Å². The second-order valence-corrected chi connectivity index (χ2v) is 3.01. The van der Waals surface area contributed by atoms with Crippen molar-refractivity contribution in [3.63, 3.8) is 0 Å². The third kappa shape index (κ3) is 3.72. The van der Waals surface area contributed by atoms with Crippen LogP contribution in [0.3, 0.4) is 0 Å². The molecule has 12 heavy (non-hydrogen) atoms. The number of likely N-dealkylation sites (N-methyl/N-ethyl adjacent to an activating group) is 1. The molecular weight excluding hydrogens is 152 g/mol.